The van der Waals surface area contributed by atoms with E-state index >= 15 is 0 Å². The van der Waals surface area contributed by atoms with E-state index in [1.54, 1.807) is 11.3 Å². The van der Waals surface area contributed by atoms with Crippen LogP contribution in [0.5, 0.6) is 0 Å². The normalized spacial score (nSPS) is 11.0. The van der Waals surface area contributed by atoms with Gasteiger partial charge in [0, 0.05) is 11.3 Å². The Morgan fingerprint density at radius 2 is 1.95 bits per heavy atom. The first-order valence-electron chi connectivity index (χ1n) is 6.61. The van der Waals surface area contributed by atoms with Crippen LogP contribution in [0.3, 0.4) is 0 Å². The molecule has 0 spiro atoms. The fraction of sp³-hybridized carbons (Fsp3) is 0.214. The number of nitrogens with two attached hydrogens (primary N) is 1. The molecule has 0 saturated carbocycles. The van der Waals surface area contributed by atoms with Gasteiger partial charge in [0.25, 0.3) is 0 Å². The highest BCUT2D eigenvalue weighted by Gasteiger charge is 2.14. The fourth-order valence-corrected chi connectivity index (χ4v) is 2.94. The number of fused-ring (bicyclic) bond motifs is 1. The third-order valence-corrected chi connectivity index (χ3v) is 3.98. The summed E-state index contributed by atoms with van der Waals surface area (Å²) in [5.41, 5.74) is 7.40. The van der Waals surface area contributed by atoms with Gasteiger partial charge in [-0.15, -0.1) is 11.3 Å². The minimum Gasteiger partial charge on any atom is -0.340 e. The minimum absolute atomic E-state index is 0.242. The minimum atomic E-state index is 0.242. The molecular formula is C14H16N6S. The molecule has 21 heavy (non-hydrogen) atoms. The molecule has 0 aliphatic heterocycles. The predicted octanol–water partition coefficient (Wildman–Crippen LogP) is 3.24. The summed E-state index contributed by atoms with van der Waals surface area (Å²) in [6, 6.07) is 6.05. The van der Waals surface area contributed by atoms with Gasteiger partial charge in [-0.1, -0.05) is 13.8 Å². The van der Waals surface area contributed by atoms with Gasteiger partial charge in [-0.3, -0.25) is 0 Å². The van der Waals surface area contributed by atoms with E-state index in [4.69, 9.17) is 5.84 Å². The Morgan fingerprint density at radius 1 is 1.14 bits per heavy atom. The molecule has 0 aliphatic carbocycles. The molecule has 4 N–H and O–H groups in total. The van der Waals surface area contributed by atoms with Crippen molar-refractivity contribution in [3.05, 3.63) is 35.6 Å². The van der Waals surface area contributed by atoms with Crippen molar-refractivity contribution in [2.45, 2.75) is 19.8 Å². The van der Waals surface area contributed by atoms with E-state index in [0.717, 1.165) is 27.3 Å². The monoisotopic (exact) mass is 300 g/mol. The molecule has 0 saturated heterocycles. The smallest absolute Gasteiger partial charge is 0.148 e. The van der Waals surface area contributed by atoms with E-state index in [2.05, 4.69) is 45.6 Å². The lowest BCUT2D eigenvalue weighted by atomic mass is 10.0. The molecule has 108 valence electrons. The van der Waals surface area contributed by atoms with Gasteiger partial charge in [0.2, 0.25) is 0 Å². The van der Waals surface area contributed by atoms with Gasteiger partial charge in [-0.2, -0.15) is 0 Å². The maximum Gasteiger partial charge on any atom is 0.148 e. The van der Waals surface area contributed by atoms with Gasteiger partial charge in [0.15, 0.2) is 0 Å². The van der Waals surface area contributed by atoms with Crippen LogP contribution in [0.15, 0.2) is 30.0 Å². The molecular weight excluding hydrogens is 284 g/mol. The number of anilines is 3. The number of nitrogen functional groups attached to an aromatic ring is 1. The van der Waals surface area contributed by atoms with Crippen LogP contribution in [0.25, 0.3) is 10.2 Å². The molecule has 2 heterocycles. The van der Waals surface area contributed by atoms with Crippen LogP contribution in [0.1, 0.15) is 25.3 Å². The van der Waals surface area contributed by atoms with E-state index < -0.39 is 0 Å². The van der Waals surface area contributed by atoms with E-state index in [1.807, 2.05) is 17.6 Å². The standard InChI is InChI=1S/C14H16N6S/c1-8(2)12-13(16-6-17-14(12)20-15)19-9-3-4-10-11(5-9)21-7-18-10/h3-8H,15H2,1-2H3,(H2,16,17,19,20). The molecule has 0 amide bonds. The highest BCUT2D eigenvalue weighted by molar-refractivity contribution is 7.16. The molecule has 0 fully saturated rings. The molecule has 0 radical (unpaired) electrons. The summed E-state index contributed by atoms with van der Waals surface area (Å²) in [5, 5.41) is 3.34. The highest BCUT2D eigenvalue weighted by atomic mass is 32.1. The van der Waals surface area contributed by atoms with E-state index in [1.165, 1.54) is 6.33 Å². The first kappa shape index (κ1) is 13.7. The van der Waals surface area contributed by atoms with Crippen molar-refractivity contribution in [2.75, 3.05) is 10.7 Å². The lowest BCUT2D eigenvalue weighted by Gasteiger charge is -2.16. The van der Waals surface area contributed by atoms with Crippen molar-refractivity contribution in [3.8, 4) is 0 Å². The summed E-state index contributed by atoms with van der Waals surface area (Å²) in [4.78, 5) is 12.8. The van der Waals surface area contributed by atoms with E-state index in [-0.39, 0.29) is 5.92 Å². The fourth-order valence-electron chi connectivity index (χ4n) is 2.23. The zero-order chi connectivity index (χ0) is 14.8. The van der Waals surface area contributed by atoms with Crippen LogP contribution >= 0.6 is 11.3 Å². The summed E-state index contributed by atoms with van der Waals surface area (Å²) in [6.45, 7) is 4.16. The molecule has 6 nitrogen and oxygen atoms in total. The molecule has 1 aromatic carbocycles. The van der Waals surface area contributed by atoms with Crippen LogP contribution in [0, 0.1) is 0 Å². The Bertz CT molecular complexity index is 767. The Balaban J connectivity index is 2.00. The maximum absolute atomic E-state index is 5.54. The van der Waals surface area contributed by atoms with Gasteiger partial charge in [0.1, 0.15) is 18.0 Å². The summed E-state index contributed by atoms with van der Waals surface area (Å²) in [5.74, 6) is 7.18. The molecule has 2 aromatic heterocycles. The maximum atomic E-state index is 5.54. The SMILES string of the molecule is CC(C)c1c(NN)ncnc1Nc1ccc2ncsc2c1. The topological polar surface area (TPSA) is 88.8 Å². The van der Waals surface area contributed by atoms with Crippen LogP contribution in [-0.2, 0) is 0 Å². The van der Waals surface area contributed by atoms with Gasteiger partial charge in [-0.25, -0.2) is 20.8 Å². The van der Waals surface area contributed by atoms with Crippen molar-refractivity contribution in [3.63, 3.8) is 0 Å². The summed E-state index contributed by atoms with van der Waals surface area (Å²) < 4.78 is 1.14. The average molecular weight is 300 g/mol. The summed E-state index contributed by atoms with van der Waals surface area (Å²) in [7, 11) is 0. The second kappa shape index (κ2) is 5.63. The molecule has 3 aromatic rings. The van der Waals surface area contributed by atoms with Gasteiger partial charge < -0.3 is 10.7 Å². The van der Waals surface area contributed by atoms with Crippen LogP contribution in [0.4, 0.5) is 17.3 Å². The zero-order valence-corrected chi connectivity index (χ0v) is 12.6. The molecule has 3 rings (SSSR count). The number of hydrogen-bond acceptors (Lipinski definition) is 7. The lowest BCUT2D eigenvalue weighted by molar-refractivity contribution is 0.850. The Kier molecular flexibility index (Phi) is 3.68. The number of thiazole rings is 1. The molecule has 7 heteroatoms. The Morgan fingerprint density at radius 3 is 2.71 bits per heavy atom. The molecule has 0 bridgehead atoms. The number of rotatable bonds is 4. The molecule has 0 atom stereocenters. The number of aromatic nitrogens is 3. The van der Waals surface area contributed by atoms with Crippen molar-refractivity contribution >= 4 is 38.9 Å². The van der Waals surface area contributed by atoms with Crippen LogP contribution < -0.4 is 16.6 Å². The Hall–Kier alpha value is -2.25. The zero-order valence-electron chi connectivity index (χ0n) is 11.8. The highest BCUT2D eigenvalue weighted by Crippen LogP contribution is 2.31. The van der Waals surface area contributed by atoms with Gasteiger partial charge in [-0.05, 0) is 24.1 Å². The largest absolute Gasteiger partial charge is 0.340 e. The third-order valence-electron chi connectivity index (χ3n) is 3.19. The average Bonchev–Trinajstić information content (AvgIpc) is 2.94. The number of nitrogens with zero attached hydrogens (tertiary/aromatic N) is 3. The second-order valence-corrected chi connectivity index (χ2v) is 5.83. The van der Waals surface area contributed by atoms with Crippen molar-refractivity contribution < 1.29 is 0 Å². The Labute approximate surface area is 126 Å². The van der Waals surface area contributed by atoms with Gasteiger partial charge in [0.05, 0.1) is 15.7 Å². The van der Waals surface area contributed by atoms with E-state index in [9.17, 15) is 0 Å². The lowest BCUT2D eigenvalue weighted by Crippen LogP contribution is -2.14. The quantitative estimate of drug-likeness (QED) is 0.506. The summed E-state index contributed by atoms with van der Waals surface area (Å²) >= 11 is 1.61. The van der Waals surface area contributed by atoms with Crippen molar-refractivity contribution in [1.82, 2.24) is 15.0 Å². The number of hydrazine groups is 1. The number of nitrogens with one attached hydrogen (secondary N) is 2. The van der Waals surface area contributed by atoms with Gasteiger partial charge >= 0.3 is 0 Å². The first-order valence-corrected chi connectivity index (χ1v) is 7.48. The molecule has 0 aliphatic rings. The van der Waals surface area contributed by atoms with Crippen molar-refractivity contribution in [1.29, 1.82) is 0 Å². The number of benzene rings is 1. The van der Waals surface area contributed by atoms with Crippen LogP contribution in [0.2, 0.25) is 0 Å². The van der Waals surface area contributed by atoms with E-state index in [0.29, 0.717) is 5.82 Å². The van der Waals surface area contributed by atoms with Crippen LogP contribution in [-0.4, -0.2) is 15.0 Å². The number of hydrogen-bond donors (Lipinski definition) is 3. The second-order valence-electron chi connectivity index (χ2n) is 4.94. The third kappa shape index (κ3) is 2.65. The van der Waals surface area contributed by atoms with Crippen molar-refractivity contribution in [2.24, 2.45) is 5.84 Å². The molecule has 0 unspecified atom stereocenters. The predicted molar refractivity (Wildman–Crippen MR) is 86.8 cm³/mol. The first-order chi connectivity index (χ1) is 10.2. The summed E-state index contributed by atoms with van der Waals surface area (Å²) in [6.07, 6.45) is 1.49.